The summed E-state index contributed by atoms with van der Waals surface area (Å²) >= 11 is 1.59. The number of aliphatic imine (C=N–C) groups is 1. The highest BCUT2D eigenvalue weighted by Crippen LogP contribution is 2.39. The van der Waals surface area contributed by atoms with Crippen LogP contribution in [0.3, 0.4) is 0 Å². The predicted molar refractivity (Wildman–Crippen MR) is 133 cm³/mol. The van der Waals surface area contributed by atoms with Crippen molar-refractivity contribution in [3.05, 3.63) is 41.0 Å². The quantitative estimate of drug-likeness (QED) is 0.704. The van der Waals surface area contributed by atoms with Crippen molar-refractivity contribution >= 4 is 34.8 Å². The number of aliphatic hydroxyl groups is 1. The monoisotopic (exact) mass is 494 g/mol. The van der Waals surface area contributed by atoms with Crippen LogP contribution in [-0.2, 0) is 19.8 Å². The molecule has 2 saturated heterocycles. The maximum absolute atomic E-state index is 13.4. The number of benzene rings is 1. The topological polar surface area (TPSA) is 103 Å². The van der Waals surface area contributed by atoms with E-state index in [2.05, 4.69) is 9.98 Å². The lowest BCUT2D eigenvalue weighted by Gasteiger charge is -2.31. The first-order valence-electron chi connectivity index (χ1n) is 12.1. The van der Waals surface area contributed by atoms with Gasteiger partial charge in [0.15, 0.2) is 0 Å². The van der Waals surface area contributed by atoms with E-state index in [1.807, 2.05) is 43.6 Å². The second kappa shape index (κ2) is 8.95. The number of hydrogen-bond donors (Lipinski definition) is 1. The minimum Gasteiger partial charge on any atom is -0.391 e. The summed E-state index contributed by atoms with van der Waals surface area (Å²) in [5, 5.41) is 10.4. The Morgan fingerprint density at radius 3 is 2.60 bits per heavy atom. The van der Waals surface area contributed by atoms with E-state index in [4.69, 9.17) is 0 Å². The average Bonchev–Trinajstić information content (AvgIpc) is 3.61. The van der Waals surface area contributed by atoms with Gasteiger partial charge in [0.2, 0.25) is 11.8 Å². The molecular formula is C26H30N4O4S. The third-order valence-electron chi connectivity index (χ3n) is 7.67. The van der Waals surface area contributed by atoms with Gasteiger partial charge in [-0.05, 0) is 37.8 Å². The van der Waals surface area contributed by atoms with E-state index in [0.29, 0.717) is 31.5 Å². The highest BCUT2D eigenvalue weighted by molar-refractivity contribution is 7.13. The fraction of sp³-hybridized carbons (Fsp3) is 0.500. The molecule has 1 aromatic carbocycles. The number of amides is 3. The van der Waals surface area contributed by atoms with Crippen molar-refractivity contribution in [2.75, 3.05) is 13.1 Å². The molecule has 4 heterocycles. The molecule has 3 aliphatic rings. The van der Waals surface area contributed by atoms with Gasteiger partial charge in [0.25, 0.3) is 5.91 Å². The molecule has 35 heavy (non-hydrogen) atoms. The fourth-order valence-corrected chi connectivity index (χ4v) is 6.49. The van der Waals surface area contributed by atoms with Gasteiger partial charge in [-0.25, -0.2) is 9.98 Å². The van der Waals surface area contributed by atoms with Gasteiger partial charge >= 0.3 is 0 Å². The second-order valence-electron chi connectivity index (χ2n) is 10.0. The summed E-state index contributed by atoms with van der Waals surface area (Å²) in [6.45, 7) is 6.12. The first-order chi connectivity index (χ1) is 16.7. The van der Waals surface area contributed by atoms with Crippen LogP contribution in [0.5, 0.6) is 0 Å². The number of β-amino-alcohol motifs (C(OH)–C–C–N with tert-alkyl or cyclic N) is 1. The van der Waals surface area contributed by atoms with Crippen LogP contribution in [0, 0.1) is 6.92 Å². The van der Waals surface area contributed by atoms with Crippen molar-refractivity contribution in [1.29, 1.82) is 0 Å². The van der Waals surface area contributed by atoms with Gasteiger partial charge in [0.1, 0.15) is 6.04 Å². The Morgan fingerprint density at radius 2 is 1.94 bits per heavy atom. The molecular weight excluding hydrogens is 464 g/mol. The Hall–Kier alpha value is -2.91. The van der Waals surface area contributed by atoms with Crippen molar-refractivity contribution in [3.8, 4) is 10.4 Å². The first kappa shape index (κ1) is 23.8. The molecule has 0 aliphatic carbocycles. The lowest BCUT2D eigenvalue weighted by atomic mass is 9.78. The SMILES string of the molecule is CC(=O)N1CCC[C@H]1C(=O)N1C[C@H](O)C[C@@H]1C1=NC(=O)[C@](C)(c2ccc(-c3scnc3C)cc2)C1. The van der Waals surface area contributed by atoms with Gasteiger partial charge in [0, 0.05) is 38.6 Å². The third kappa shape index (κ3) is 4.10. The highest BCUT2D eigenvalue weighted by Gasteiger charge is 2.49. The summed E-state index contributed by atoms with van der Waals surface area (Å²) in [4.78, 5) is 51.7. The summed E-state index contributed by atoms with van der Waals surface area (Å²) in [7, 11) is 0. The van der Waals surface area contributed by atoms with Crippen LogP contribution in [-0.4, -0.2) is 74.6 Å². The molecule has 0 radical (unpaired) electrons. The summed E-state index contributed by atoms with van der Waals surface area (Å²) in [6, 6.07) is 7.03. The van der Waals surface area contributed by atoms with Crippen LogP contribution < -0.4 is 0 Å². The second-order valence-corrected chi connectivity index (χ2v) is 10.9. The van der Waals surface area contributed by atoms with Crippen LogP contribution in [0.25, 0.3) is 10.4 Å². The Kier molecular flexibility index (Phi) is 6.09. The lowest BCUT2D eigenvalue weighted by Crippen LogP contribution is -2.50. The zero-order valence-electron chi connectivity index (χ0n) is 20.2. The van der Waals surface area contributed by atoms with Crippen LogP contribution >= 0.6 is 11.3 Å². The minimum absolute atomic E-state index is 0.116. The van der Waals surface area contributed by atoms with E-state index < -0.39 is 23.6 Å². The summed E-state index contributed by atoms with van der Waals surface area (Å²) < 4.78 is 0. The van der Waals surface area contributed by atoms with Gasteiger partial charge in [-0.15, -0.1) is 11.3 Å². The fourth-order valence-electron chi connectivity index (χ4n) is 5.68. The average molecular weight is 495 g/mol. The van der Waals surface area contributed by atoms with Gasteiger partial charge in [-0.2, -0.15) is 0 Å². The van der Waals surface area contributed by atoms with Crippen LogP contribution in [0.2, 0.25) is 0 Å². The van der Waals surface area contributed by atoms with Crippen LogP contribution in [0.4, 0.5) is 0 Å². The third-order valence-corrected chi connectivity index (χ3v) is 8.65. The molecule has 2 fully saturated rings. The molecule has 0 saturated carbocycles. The van der Waals surface area contributed by atoms with E-state index >= 15 is 0 Å². The Labute approximate surface area is 208 Å². The van der Waals surface area contributed by atoms with Gasteiger partial charge in [-0.3, -0.25) is 14.4 Å². The number of nitrogens with zero attached hydrogens (tertiary/aromatic N) is 4. The standard InChI is InChI=1S/C26H30N4O4S/c1-15-23(35-14-27-15)17-6-8-18(9-7-17)26(3)12-20(28-25(26)34)22-11-19(32)13-30(22)24(33)21-5-4-10-29(21)16(2)31/h6-9,14,19,21-22,32H,4-5,10-13H2,1-3H3/t19-,21+,22-,26+/m1/s1. The smallest absolute Gasteiger partial charge is 0.256 e. The maximum Gasteiger partial charge on any atom is 0.256 e. The Bertz CT molecular complexity index is 1210. The number of carbonyl (C=O) groups excluding carboxylic acids is 3. The normalized spacial score (nSPS) is 28.6. The van der Waals surface area contributed by atoms with Crippen molar-refractivity contribution in [2.24, 2.45) is 4.99 Å². The molecule has 4 atom stereocenters. The molecule has 0 unspecified atom stereocenters. The molecule has 184 valence electrons. The molecule has 3 amide bonds. The van der Waals surface area contributed by atoms with E-state index in [1.54, 1.807) is 21.1 Å². The molecule has 0 spiro atoms. The minimum atomic E-state index is -0.822. The van der Waals surface area contributed by atoms with Gasteiger partial charge in [0.05, 0.1) is 33.6 Å². The summed E-state index contributed by atoms with van der Waals surface area (Å²) in [6.07, 6.45) is 1.47. The maximum atomic E-state index is 13.4. The number of thiazole rings is 1. The largest absolute Gasteiger partial charge is 0.391 e. The summed E-state index contributed by atoms with van der Waals surface area (Å²) in [5.41, 5.74) is 4.56. The molecule has 1 aromatic heterocycles. The molecule has 5 rings (SSSR count). The number of carbonyl (C=O) groups is 3. The molecule has 8 nitrogen and oxygen atoms in total. The van der Waals surface area contributed by atoms with Crippen molar-refractivity contribution in [1.82, 2.24) is 14.8 Å². The van der Waals surface area contributed by atoms with Gasteiger partial charge in [-0.1, -0.05) is 24.3 Å². The van der Waals surface area contributed by atoms with Crippen molar-refractivity contribution in [3.63, 3.8) is 0 Å². The zero-order chi connectivity index (χ0) is 24.9. The lowest BCUT2D eigenvalue weighted by molar-refractivity contribution is -0.142. The zero-order valence-corrected chi connectivity index (χ0v) is 21.0. The number of hydrogen-bond acceptors (Lipinski definition) is 6. The Balaban J connectivity index is 1.37. The first-order valence-corrected chi connectivity index (χ1v) is 13.0. The van der Waals surface area contributed by atoms with Gasteiger partial charge < -0.3 is 14.9 Å². The predicted octanol–water partition coefficient (Wildman–Crippen LogP) is 2.72. The Morgan fingerprint density at radius 1 is 1.20 bits per heavy atom. The summed E-state index contributed by atoms with van der Waals surface area (Å²) in [5.74, 6) is -0.503. The van der Waals surface area contributed by atoms with E-state index in [-0.39, 0.29) is 24.3 Å². The molecule has 0 bridgehead atoms. The van der Waals surface area contributed by atoms with Crippen molar-refractivity contribution in [2.45, 2.75) is 70.1 Å². The number of aryl methyl sites for hydroxylation is 1. The van der Waals surface area contributed by atoms with Crippen LogP contribution in [0.15, 0.2) is 34.8 Å². The van der Waals surface area contributed by atoms with E-state index in [1.165, 1.54) is 6.92 Å². The highest BCUT2D eigenvalue weighted by atomic mass is 32.1. The molecule has 1 N–H and O–H groups in total. The van der Waals surface area contributed by atoms with E-state index in [0.717, 1.165) is 28.1 Å². The number of rotatable bonds is 4. The molecule has 2 aromatic rings. The number of aliphatic hydroxyl groups excluding tert-OH is 1. The molecule has 9 heteroatoms. The number of aromatic nitrogens is 1. The van der Waals surface area contributed by atoms with Crippen molar-refractivity contribution < 1.29 is 19.5 Å². The molecule has 3 aliphatic heterocycles. The van der Waals surface area contributed by atoms with Crippen LogP contribution in [0.1, 0.15) is 50.8 Å². The van der Waals surface area contributed by atoms with E-state index in [9.17, 15) is 19.5 Å². The number of likely N-dealkylation sites (tertiary alicyclic amines) is 2.